The van der Waals surface area contributed by atoms with Crippen molar-refractivity contribution in [1.82, 2.24) is 4.98 Å². The van der Waals surface area contributed by atoms with Gasteiger partial charge in [-0.05, 0) is 48.7 Å². The van der Waals surface area contributed by atoms with Crippen LogP contribution in [0, 0.1) is 13.8 Å². The van der Waals surface area contributed by atoms with Crippen molar-refractivity contribution in [3.05, 3.63) is 66.0 Å². The Bertz CT molecular complexity index is 820. The molecule has 0 aliphatic carbocycles. The Labute approximate surface area is 129 Å². The highest BCUT2D eigenvalue weighted by Gasteiger charge is 2.10. The zero-order chi connectivity index (χ0) is 15.7. The van der Waals surface area contributed by atoms with E-state index in [2.05, 4.69) is 37.0 Å². The predicted octanol–water partition coefficient (Wildman–Crippen LogP) is 4.44. The van der Waals surface area contributed by atoms with Crippen LogP contribution in [0.15, 0.2) is 54.9 Å². The molecule has 0 unspecified atom stereocenters. The Balaban J connectivity index is 2.20. The highest BCUT2D eigenvalue weighted by atomic mass is 16.3. The maximum atomic E-state index is 9.74. The summed E-state index contributed by atoms with van der Waals surface area (Å²) in [6.07, 6.45) is 3.54. The van der Waals surface area contributed by atoms with E-state index >= 15 is 0 Å². The third kappa shape index (κ3) is 2.66. The van der Waals surface area contributed by atoms with Gasteiger partial charge in [-0.25, -0.2) is 0 Å². The lowest BCUT2D eigenvalue weighted by atomic mass is 9.94. The van der Waals surface area contributed by atoms with Crippen LogP contribution < -0.4 is 0 Å². The van der Waals surface area contributed by atoms with Gasteiger partial charge in [0.05, 0.1) is 0 Å². The first-order valence-corrected chi connectivity index (χ1v) is 7.09. The van der Waals surface area contributed by atoms with E-state index in [1.807, 2.05) is 6.07 Å². The lowest BCUT2D eigenvalue weighted by Gasteiger charge is -2.12. The number of hydrogen-bond donors (Lipinski definition) is 2. The van der Waals surface area contributed by atoms with Crippen LogP contribution in [-0.4, -0.2) is 15.2 Å². The molecule has 3 nitrogen and oxygen atoms in total. The van der Waals surface area contributed by atoms with Crippen molar-refractivity contribution in [3.63, 3.8) is 0 Å². The Morgan fingerprint density at radius 1 is 0.727 bits per heavy atom. The Kier molecular flexibility index (Phi) is 3.55. The molecule has 0 bridgehead atoms. The molecule has 0 fully saturated rings. The molecule has 0 radical (unpaired) electrons. The smallest absolute Gasteiger partial charge is 0.158 e. The van der Waals surface area contributed by atoms with E-state index in [0.717, 1.165) is 22.3 Å². The number of nitrogens with zero attached hydrogens (tertiary/aromatic N) is 1. The summed E-state index contributed by atoms with van der Waals surface area (Å²) in [5, 5.41) is 19.2. The van der Waals surface area contributed by atoms with Crippen LogP contribution in [0.1, 0.15) is 11.1 Å². The molecule has 0 aliphatic rings. The summed E-state index contributed by atoms with van der Waals surface area (Å²) in [5.41, 5.74) is 6.30. The lowest BCUT2D eigenvalue weighted by molar-refractivity contribution is 0.404. The van der Waals surface area contributed by atoms with Crippen LogP contribution in [0.3, 0.4) is 0 Å². The molecular weight excluding hydrogens is 274 g/mol. The third-order valence-electron chi connectivity index (χ3n) is 3.64. The maximum absolute atomic E-state index is 9.74. The van der Waals surface area contributed by atoms with Crippen LogP contribution in [0.5, 0.6) is 11.5 Å². The van der Waals surface area contributed by atoms with Crippen LogP contribution in [-0.2, 0) is 0 Å². The Morgan fingerprint density at radius 3 is 2.14 bits per heavy atom. The lowest BCUT2D eigenvalue weighted by Crippen LogP contribution is -1.89. The van der Waals surface area contributed by atoms with Gasteiger partial charge in [0.2, 0.25) is 0 Å². The van der Waals surface area contributed by atoms with E-state index in [1.165, 1.54) is 17.2 Å². The van der Waals surface area contributed by atoms with Gasteiger partial charge in [-0.3, -0.25) is 4.98 Å². The first-order valence-electron chi connectivity index (χ1n) is 7.09. The third-order valence-corrected chi connectivity index (χ3v) is 3.64. The van der Waals surface area contributed by atoms with Gasteiger partial charge in [0.1, 0.15) is 0 Å². The fourth-order valence-electron chi connectivity index (χ4n) is 2.70. The number of benzene rings is 2. The standard InChI is InChI=1S/C19H17NO2/c1-12-7-13(2)9-15(8-12)16-5-6-20-11-17(16)14-3-4-18(21)19(22)10-14/h3-11,21-22H,1-2H3. The normalized spacial score (nSPS) is 10.6. The van der Waals surface area contributed by atoms with Crippen molar-refractivity contribution in [2.45, 2.75) is 13.8 Å². The van der Waals surface area contributed by atoms with E-state index in [4.69, 9.17) is 0 Å². The van der Waals surface area contributed by atoms with Crippen molar-refractivity contribution in [3.8, 4) is 33.8 Å². The number of aromatic hydroxyl groups is 2. The molecule has 3 rings (SSSR count). The molecule has 0 spiro atoms. The summed E-state index contributed by atoms with van der Waals surface area (Å²) in [4.78, 5) is 4.20. The molecule has 0 saturated carbocycles. The average Bonchev–Trinajstić information content (AvgIpc) is 2.49. The fourth-order valence-corrected chi connectivity index (χ4v) is 2.70. The van der Waals surface area contributed by atoms with E-state index < -0.39 is 0 Å². The quantitative estimate of drug-likeness (QED) is 0.686. The molecule has 0 saturated heterocycles. The van der Waals surface area contributed by atoms with E-state index in [1.54, 1.807) is 24.5 Å². The predicted molar refractivity (Wildman–Crippen MR) is 87.9 cm³/mol. The number of hydrogen-bond acceptors (Lipinski definition) is 3. The number of aromatic nitrogens is 1. The topological polar surface area (TPSA) is 53.4 Å². The van der Waals surface area contributed by atoms with Crippen molar-refractivity contribution >= 4 is 0 Å². The molecule has 1 heterocycles. The summed E-state index contributed by atoms with van der Waals surface area (Å²) in [6.45, 7) is 4.15. The van der Waals surface area contributed by atoms with Crippen LogP contribution in [0.2, 0.25) is 0 Å². The zero-order valence-corrected chi connectivity index (χ0v) is 12.5. The minimum absolute atomic E-state index is 0.124. The molecule has 22 heavy (non-hydrogen) atoms. The summed E-state index contributed by atoms with van der Waals surface area (Å²) in [6, 6.07) is 13.2. The fraction of sp³-hybridized carbons (Fsp3) is 0.105. The van der Waals surface area contributed by atoms with Crippen molar-refractivity contribution in [2.24, 2.45) is 0 Å². The number of aryl methyl sites for hydroxylation is 2. The van der Waals surface area contributed by atoms with Gasteiger partial charge in [0.25, 0.3) is 0 Å². The zero-order valence-electron chi connectivity index (χ0n) is 12.5. The number of phenolic OH excluding ortho intramolecular Hbond substituents is 2. The summed E-state index contributed by atoms with van der Waals surface area (Å²) < 4.78 is 0. The second kappa shape index (κ2) is 5.53. The highest BCUT2D eigenvalue weighted by molar-refractivity contribution is 5.84. The number of pyridine rings is 1. The molecule has 0 atom stereocenters. The molecular formula is C19H17NO2. The summed E-state index contributed by atoms with van der Waals surface area (Å²) in [7, 11) is 0. The maximum Gasteiger partial charge on any atom is 0.158 e. The van der Waals surface area contributed by atoms with E-state index in [-0.39, 0.29) is 11.5 Å². The average molecular weight is 291 g/mol. The second-order valence-electron chi connectivity index (χ2n) is 5.50. The first kappa shape index (κ1) is 14.1. The molecule has 0 amide bonds. The molecule has 3 heteroatoms. The summed E-state index contributed by atoms with van der Waals surface area (Å²) in [5.74, 6) is -0.256. The monoisotopic (exact) mass is 291 g/mol. The van der Waals surface area contributed by atoms with Crippen molar-refractivity contribution in [2.75, 3.05) is 0 Å². The van der Waals surface area contributed by atoms with Crippen LogP contribution in [0.4, 0.5) is 0 Å². The highest BCUT2D eigenvalue weighted by Crippen LogP contribution is 2.36. The minimum Gasteiger partial charge on any atom is -0.504 e. The molecule has 2 N–H and O–H groups in total. The van der Waals surface area contributed by atoms with Gasteiger partial charge in [-0.2, -0.15) is 0 Å². The minimum atomic E-state index is -0.132. The van der Waals surface area contributed by atoms with Gasteiger partial charge < -0.3 is 10.2 Å². The van der Waals surface area contributed by atoms with Gasteiger partial charge in [-0.1, -0.05) is 35.4 Å². The van der Waals surface area contributed by atoms with Crippen LogP contribution >= 0.6 is 0 Å². The van der Waals surface area contributed by atoms with Crippen molar-refractivity contribution < 1.29 is 10.2 Å². The van der Waals surface area contributed by atoms with Gasteiger partial charge >= 0.3 is 0 Å². The van der Waals surface area contributed by atoms with Gasteiger partial charge in [0.15, 0.2) is 11.5 Å². The van der Waals surface area contributed by atoms with Crippen molar-refractivity contribution in [1.29, 1.82) is 0 Å². The SMILES string of the molecule is Cc1cc(C)cc(-c2ccncc2-c2ccc(O)c(O)c2)c1. The second-order valence-corrected chi connectivity index (χ2v) is 5.50. The Morgan fingerprint density at radius 2 is 1.45 bits per heavy atom. The first-order chi connectivity index (χ1) is 10.5. The molecule has 1 aromatic heterocycles. The molecule has 2 aromatic carbocycles. The van der Waals surface area contributed by atoms with Gasteiger partial charge in [0, 0.05) is 18.0 Å². The number of rotatable bonds is 2. The number of phenols is 2. The summed E-state index contributed by atoms with van der Waals surface area (Å²) >= 11 is 0. The molecule has 3 aromatic rings. The molecule has 0 aliphatic heterocycles. The van der Waals surface area contributed by atoms with Gasteiger partial charge in [-0.15, -0.1) is 0 Å². The molecule has 110 valence electrons. The van der Waals surface area contributed by atoms with E-state index in [9.17, 15) is 10.2 Å². The van der Waals surface area contributed by atoms with Crippen LogP contribution in [0.25, 0.3) is 22.3 Å². The largest absolute Gasteiger partial charge is 0.504 e. The Hall–Kier alpha value is -2.81. The van der Waals surface area contributed by atoms with E-state index in [0.29, 0.717) is 0 Å².